The molecule has 0 bridgehead atoms. The zero-order chi connectivity index (χ0) is 13.0. The van der Waals surface area contributed by atoms with Gasteiger partial charge in [0.25, 0.3) is 0 Å². The number of hydrogen-bond acceptors (Lipinski definition) is 6. The third-order valence-corrected chi connectivity index (χ3v) is 2.42. The van der Waals surface area contributed by atoms with Gasteiger partial charge in [-0.2, -0.15) is 9.97 Å². The van der Waals surface area contributed by atoms with Crippen molar-refractivity contribution >= 4 is 23.4 Å². The second-order valence-corrected chi connectivity index (χ2v) is 3.95. The smallest absolute Gasteiger partial charge is 0.225 e. The standard InChI is InChI=1S/C11H12ClN5O/c12-8-3-1-7(2-4-8)6-18-10-5-9(17-14)15-11(13)16-10/h1-5H,6,14H2,(H3,13,15,16,17). The van der Waals surface area contributed by atoms with Crippen LogP contribution < -0.4 is 21.7 Å². The molecule has 18 heavy (non-hydrogen) atoms. The SMILES string of the molecule is NNc1cc(OCc2ccc(Cl)cc2)nc(N)n1. The fraction of sp³-hybridized carbons (Fsp3) is 0.0909. The number of benzene rings is 1. The van der Waals surface area contributed by atoms with Crippen LogP contribution in [0.5, 0.6) is 5.88 Å². The molecule has 0 aliphatic rings. The molecular formula is C11H12ClN5O. The number of nitrogens with two attached hydrogens (primary N) is 2. The largest absolute Gasteiger partial charge is 0.473 e. The van der Waals surface area contributed by atoms with E-state index >= 15 is 0 Å². The van der Waals surface area contributed by atoms with Gasteiger partial charge in [0.2, 0.25) is 11.8 Å². The molecule has 0 radical (unpaired) electrons. The Bertz CT molecular complexity index is 531. The Labute approximate surface area is 109 Å². The van der Waals surface area contributed by atoms with Crippen LogP contribution in [0.4, 0.5) is 11.8 Å². The van der Waals surface area contributed by atoms with Crippen LogP contribution in [0.1, 0.15) is 5.56 Å². The number of ether oxygens (including phenoxy) is 1. The van der Waals surface area contributed by atoms with Crippen LogP contribution in [0.25, 0.3) is 0 Å². The lowest BCUT2D eigenvalue weighted by Gasteiger charge is -2.07. The highest BCUT2D eigenvalue weighted by atomic mass is 35.5. The van der Waals surface area contributed by atoms with Crippen LogP contribution in [0.3, 0.4) is 0 Å². The van der Waals surface area contributed by atoms with Gasteiger partial charge in [-0.05, 0) is 17.7 Å². The zero-order valence-corrected chi connectivity index (χ0v) is 10.2. The normalized spacial score (nSPS) is 10.1. The van der Waals surface area contributed by atoms with Gasteiger partial charge in [-0.3, -0.25) is 0 Å². The first kappa shape index (κ1) is 12.4. The summed E-state index contributed by atoms with van der Waals surface area (Å²) in [4.78, 5) is 7.79. The fourth-order valence-electron chi connectivity index (χ4n) is 1.33. The van der Waals surface area contributed by atoms with E-state index in [4.69, 9.17) is 27.9 Å². The monoisotopic (exact) mass is 265 g/mol. The van der Waals surface area contributed by atoms with Gasteiger partial charge in [-0.15, -0.1) is 0 Å². The molecule has 0 fully saturated rings. The summed E-state index contributed by atoms with van der Waals surface area (Å²) in [6, 6.07) is 8.89. The number of nitrogens with zero attached hydrogens (tertiary/aromatic N) is 2. The lowest BCUT2D eigenvalue weighted by molar-refractivity contribution is 0.294. The number of anilines is 2. The molecule has 5 N–H and O–H groups in total. The van der Waals surface area contributed by atoms with Crippen LogP contribution in [-0.4, -0.2) is 9.97 Å². The highest BCUT2D eigenvalue weighted by Gasteiger charge is 2.03. The summed E-state index contributed by atoms with van der Waals surface area (Å²) in [5.74, 6) is 6.09. The second kappa shape index (κ2) is 5.52. The average Bonchev–Trinajstić information content (AvgIpc) is 2.37. The number of halogens is 1. The number of nitrogen functional groups attached to an aromatic ring is 2. The van der Waals surface area contributed by atoms with Crippen molar-refractivity contribution < 1.29 is 4.74 Å². The maximum absolute atomic E-state index is 5.79. The zero-order valence-electron chi connectivity index (χ0n) is 9.43. The summed E-state index contributed by atoms with van der Waals surface area (Å²) < 4.78 is 5.49. The first-order chi connectivity index (χ1) is 8.67. The van der Waals surface area contributed by atoms with Gasteiger partial charge in [0.05, 0.1) is 0 Å². The number of rotatable bonds is 4. The summed E-state index contributed by atoms with van der Waals surface area (Å²) in [5, 5.41) is 0.680. The van der Waals surface area contributed by atoms with Gasteiger partial charge in [0, 0.05) is 11.1 Å². The molecule has 0 atom stereocenters. The maximum atomic E-state index is 5.79. The molecule has 1 aromatic heterocycles. The minimum atomic E-state index is 0.0940. The molecule has 1 aromatic carbocycles. The molecule has 7 heteroatoms. The highest BCUT2D eigenvalue weighted by molar-refractivity contribution is 6.30. The Hall–Kier alpha value is -2.05. The highest BCUT2D eigenvalue weighted by Crippen LogP contribution is 2.16. The Balaban J connectivity index is 2.05. The van der Waals surface area contributed by atoms with Gasteiger partial charge in [0.1, 0.15) is 12.4 Å². The van der Waals surface area contributed by atoms with Gasteiger partial charge in [-0.1, -0.05) is 23.7 Å². The molecule has 0 unspecified atom stereocenters. The predicted octanol–water partition coefficient (Wildman–Crippen LogP) is 1.58. The van der Waals surface area contributed by atoms with Crippen LogP contribution in [0.15, 0.2) is 30.3 Å². The summed E-state index contributed by atoms with van der Waals surface area (Å²) >= 11 is 5.79. The Morgan fingerprint density at radius 3 is 2.61 bits per heavy atom. The lowest BCUT2D eigenvalue weighted by atomic mass is 10.2. The quantitative estimate of drug-likeness (QED) is 0.573. The van der Waals surface area contributed by atoms with Crippen LogP contribution in [0.2, 0.25) is 5.02 Å². The Kier molecular flexibility index (Phi) is 3.81. The maximum Gasteiger partial charge on any atom is 0.225 e. The number of hydrazine groups is 1. The van der Waals surface area contributed by atoms with Crippen molar-refractivity contribution in [1.82, 2.24) is 9.97 Å². The van der Waals surface area contributed by atoms with Crippen LogP contribution in [0, 0.1) is 0 Å². The molecule has 2 rings (SSSR count). The molecular weight excluding hydrogens is 254 g/mol. The van der Waals surface area contributed by atoms with E-state index in [1.165, 1.54) is 0 Å². The number of hydrogen-bond donors (Lipinski definition) is 3. The fourth-order valence-corrected chi connectivity index (χ4v) is 1.45. The van der Waals surface area contributed by atoms with E-state index in [2.05, 4.69) is 15.4 Å². The van der Waals surface area contributed by atoms with Gasteiger partial charge >= 0.3 is 0 Å². The molecule has 6 nitrogen and oxygen atoms in total. The number of aromatic nitrogens is 2. The molecule has 0 amide bonds. The summed E-state index contributed by atoms with van der Waals surface area (Å²) in [6.07, 6.45) is 0. The van der Waals surface area contributed by atoms with E-state index in [-0.39, 0.29) is 5.95 Å². The second-order valence-electron chi connectivity index (χ2n) is 3.51. The molecule has 0 spiro atoms. The van der Waals surface area contributed by atoms with Crippen LogP contribution >= 0.6 is 11.6 Å². The molecule has 1 heterocycles. The molecule has 94 valence electrons. The topological polar surface area (TPSA) is 99.1 Å². The minimum absolute atomic E-state index is 0.0940. The average molecular weight is 266 g/mol. The van der Waals surface area contributed by atoms with Gasteiger partial charge in [0.15, 0.2) is 0 Å². The van der Waals surface area contributed by atoms with Crippen molar-refractivity contribution in [2.45, 2.75) is 6.61 Å². The van der Waals surface area contributed by atoms with E-state index in [0.29, 0.717) is 23.3 Å². The van der Waals surface area contributed by atoms with Gasteiger partial charge in [-0.25, -0.2) is 5.84 Å². The van der Waals surface area contributed by atoms with Crippen molar-refractivity contribution in [2.24, 2.45) is 5.84 Å². The van der Waals surface area contributed by atoms with Crippen molar-refractivity contribution in [3.05, 3.63) is 40.9 Å². The molecule has 0 aliphatic heterocycles. The lowest BCUT2D eigenvalue weighted by Crippen LogP contribution is -2.11. The van der Waals surface area contributed by atoms with E-state index in [1.54, 1.807) is 18.2 Å². The van der Waals surface area contributed by atoms with E-state index in [0.717, 1.165) is 5.56 Å². The molecule has 0 saturated carbocycles. The molecule has 0 saturated heterocycles. The first-order valence-corrected chi connectivity index (χ1v) is 5.53. The first-order valence-electron chi connectivity index (χ1n) is 5.16. The third kappa shape index (κ3) is 3.22. The van der Waals surface area contributed by atoms with Crippen molar-refractivity contribution in [3.8, 4) is 5.88 Å². The van der Waals surface area contributed by atoms with E-state index in [9.17, 15) is 0 Å². The van der Waals surface area contributed by atoms with Crippen molar-refractivity contribution in [2.75, 3.05) is 11.2 Å². The predicted molar refractivity (Wildman–Crippen MR) is 70.0 cm³/mol. The Morgan fingerprint density at radius 1 is 1.22 bits per heavy atom. The van der Waals surface area contributed by atoms with Crippen molar-refractivity contribution in [1.29, 1.82) is 0 Å². The molecule has 2 aromatic rings. The minimum Gasteiger partial charge on any atom is -0.473 e. The van der Waals surface area contributed by atoms with Crippen LogP contribution in [-0.2, 0) is 6.61 Å². The third-order valence-electron chi connectivity index (χ3n) is 2.17. The van der Waals surface area contributed by atoms with Gasteiger partial charge < -0.3 is 15.9 Å². The Morgan fingerprint density at radius 2 is 1.94 bits per heavy atom. The van der Waals surface area contributed by atoms with Crippen molar-refractivity contribution in [3.63, 3.8) is 0 Å². The summed E-state index contributed by atoms with van der Waals surface area (Å²) in [7, 11) is 0. The summed E-state index contributed by atoms with van der Waals surface area (Å²) in [6.45, 7) is 0.359. The summed E-state index contributed by atoms with van der Waals surface area (Å²) in [5.41, 5.74) is 8.87. The number of nitrogens with one attached hydrogen (secondary N) is 1. The van der Waals surface area contributed by atoms with E-state index in [1.807, 2.05) is 12.1 Å². The van der Waals surface area contributed by atoms with E-state index < -0.39 is 0 Å². The molecule has 0 aliphatic carbocycles.